The van der Waals surface area contributed by atoms with Crippen LogP contribution in [0.1, 0.15) is 38.5 Å². The number of rotatable bonds is 5. The molecule has 4 nitrogen and oxygen atoms in total. The molecule has 0 unspecified atom stereocenters. The van der Waals surface area contributed by atoms with Gasteiger partial charge in [0.05, 0.1) is 13.6 Å². The monoisotopic (exact) mass is 300 g/mol. The summed E-state index contributed by atoms with van der Waals surface area (Å²) in [6.45, 7) is 7.61. The zero-order valence-electron chi connectivity index (χ0n) is 13.0. The summed E-state index contributed by atoms with van der Waals surface area (Å²) in [7, 11) is 2.30. The molecule has 0 amide bonds. The van der Waals surface area contributed by atoms with Crippen LogP contribution in [-0.4, -0.2) is 57.5 Å². The van der Waals surface area contributed by atoms with Gasteiger partial charge in [-0.1, -0.05) is 19.3 Å². The Labute approximate surface area is 129 Å². The predicted octanol–water partition coefficient (Wildman–Crippen LogP) is -1.41. The van der Waals surface area contributed by atoms with Crippen LogP contribution in [0.15, 0.2) is 0 Å². The molecule has 1 aliphatic heterocycles. The number of nitrogens with one attached hydrogen (secondary N) is 4. The third-order valence-corrected chi connectivity index (χ3v) is 5.01. The molecule has 116 valence electrons. The van der Waals surface area contributed by atoms with Crippen molar-refractivity contribution in [1.29, 1.82) is 0 Å². The first-order valence-corrected chi connectivity index (χ1v) is 8.84. The second-order valence-electron chi connectivity index (χ2n) is 6.55. The van der Waals surface area contributed by atoms with Gasteiger partial charge in [-0.25, -0.2) is 0 Å². The topological polar surface area (TPSA) is 32.9 Å². The fourth-order valence-corrected chi connectivity index (χ4v) is 3.57. The molecule has 1 saturated carbocycles. The third kappa shape index (κ3) is 5.94. The van der Waals surface area contributed by atoms with Gasteiger partial charge in [0, 0.05) is 19.0 Å². The maximum absolute atomic E-state index is 5.39. The van der Waals surface area contributed by atoms with Crippen LogP contribution in [-0.2, 0) is 0 Å². The molecule has 0 radical (unpaired) electrons. The Bertz CT molecular complexity index is 284. The molecule has 0 aromatic carbocycles. The highest BCUT2D eigenvalue weighted by molar-refractivity contribution is 7.80. The minimum Gasteiger partial charge on any atom is -0.363 e. The van der Waals surface area contributed by atoms with Crippen LogP contribution in [0.3, 0.4) is 0 Å². The number of quaternary nitrogens is 2. The van der Waals surface area contributed by atoms with Gasteiger partial charge in [-0.3, -0.25) is 0 Å². The maximum Gasteiger partial charge on any atom is 0.166 e. The van der Waals surface area contributed by atoms with Crippen molar-refractivity contribution in [2.75, 3.05) is 46.3 Å². The largest absolute Gasteiger partial charge is 0.363 e. The Morgan fingerprint density at radius 1 is 1.10 bits per heavy atom. The molecule has 2 rings (SSSR count). The van der Waals surface area contributed by atoms with Crippen molar-refractivity contribution < 1.29 is 9.80 Å². The van der Waals surface area contributed by atoms with Gasteiger partial charge in [-0.15, -0.1) is 0 Å². The molecule has 4 N–H and O–H groups in total. The summed E-state index contributed by atoms with van der Waals surface area (Å²) in [6, 6.07) is 0.620. The summed E-state index contributed by atoms with van der Waals surface area (Å²) >= 11 is 5.39. The molecular weight excluding hydrogens is 268 g/mol. The SMILES string of the molecule is C[NH+]1CC[NH+](CCCNC(=S)NC2CCCCC2)CC1. The molecule has 0 aromatic heterocycles. The lowest BCUT2D eigenvalue weighted by Gasteiger charge is -2.27. The van der Waals surface area contributed by atoms with Crippen molar-refractivity contribution in [3.63, 3.8) is 0 Å². The first kappa shape index (κ1) is 16.0. The predicted molar refractivity (Wildman–Crippen MR) is 87.4 cm³/mol. The molecule has 1 saturated heterocycles. The smallest absolute Gasteiger partial charge is 0.166 e. The molecule has 20 heavy (non-hydrogen) atoms. The Hall–Kier alpha value is -0.390. The zero-order valence-corrected chi connectivity index (χ0v) is 13.8. The van der Waals surface area contributed by atoms with E-state index in [0.717, 1.165) is 11.7 Å². The minimum atomic E-state index is 0.620. The lowest BCUT2D eigenvalue weighted by atomic mass is 9.96. The van der Waals surface area contributed by atoms with E-state index in [-0.39, 0.29) is 0 Å². The van der Waals surface area contributed by atoms with Crippen LogP contribution in [0.5, 0.6) is 0 Å². The lowest BCUT2D eigenvalue weighted by Crippen LogP contribution is -3.27. The molecular formula is C15H32N4S+2. The first-order valence-electron chi connectivity index (χ1n) is 8.43. The fourth-order valence-electron chi connectivity index (χ4n) is 3.30. The molecule has 1 heterocycles. The molecule has 2 aliphatic rings. The molecule has 5 heteroatoms. The maximum atomic E-state index is 5.39. The summed E-state index contributed by atoms with van der Waals surface area (Å²) in [5.41, 5.74) is 0. The van der Waals surface area contributed by atoms with E-state index in [0.29, 0.717) is 6.04 Å². The average Bonchev–Trinajstić information content (AvgIpc) is 2.46. The van der Waals surface area contributed by atoms with Gasteiger partial charge in [0.2, 0.25) is 0 Å². The van der Waals surface area contributed by atoms with Gasteiger partial charge in [0.25, 0.3) is 0 Å². The Morgan fingerprint density at radius 3 is 2.50 bits per heavy atom. The highest BCUT2D eigenvalue weighted by Gasteiger charge is 2.19. The minimum absolute atomic E-state index is 0.620. The highest BCUT2D eigenvalue weighted by Crippen LogP contribution is 2.17. The summed E-state index contributed by atoms with van der Waals surface area (Å²) < 4.78 is 0. The van der Waals surface area contributed by atoms with Crippen molar-refractivity contribution >= 4 is 17.3 Å². The average molecular weight is 301 g/mol. The quantitative estimate of drug-likeness (QED) is 0.372. The third-order valence-electron chi connectivity index (χ3n) is 4.74. The summed E-state index contributed by atoms with van der Waals surface area (Å²) in [4.78, 5) is 3.45. The van der Waals surface area contributed by atoms with Gasteiger partial charge >= 0.3 is 0 Å². The fraction of sp³-hybridized carbons (Fsp3) is 0.933. The van der Waals surface area contributed by atoms with Crippen LogP contribution in [0.2, 0.25) is 0 Å². The molecule has 0 bridgehead atoms. The highest BCUT2D eigenvalue weighted by atomic mass is 32.1. The molecule has 1 aliphatic carbocycles. The van der Waals surface area contributed by atoms with Crippen molar-refractivity contribution in [2.24, 2.45) is 0 Å². The number of likely N-dealkylation sites (N-methyl/N-ethyl adjacent to an activating group) is 1. The lowest BCUT2D eigenvalue weighted by molar-refractivity contribution is -1.00. The van der Waals surface area contributed by atoms with Crippen molar-refractivity contribution in [2.45, 2.75) is 44.6 Å². The standard InChI is InChI=1S/C15H30N4S/c1-18-10-12-19(13-11-18)9-5-8-16-15(20)17-14-6-3-2-4-7-14/h14H,2-13H2,1H3,(H2,16,17,20)/p+2. The number of hydrogen-bond acceptors (Lipinski definition) is 1. The van der Waals surface area contributed by atoms with Gasteiger partial charge in [-0.05, 0) is 25.1 Å². The second kappa shape index (κ2) is 8.80. The number of piperazine rings is 1. The second-order valence-corrected chi connectivity index (χ2v) is 6.95. The van der Waals surface area contributed by atoms with Gasteiger partial charge in [0.1, 0.15) is 26.2 Å². The van der Waals surface area contributed by atoms with Crippen molar-refractivity contribution in [1.82, 2.24) is 10.6 Å². The Balaban J connectivity index is 1.48. The number of hydrogen-bond donors (Lipinski definition) is 4. The van der Waals surface area contributed by atoms with Crippen LogP contribution >= 0.6 is 12.2 Å². The first-order chi connectivity index (χ1) is 9.74. The van der Waals surface area contributed by atoms with Crippen LogP contribution in [0.25, 0.3) is 0 Å². The molecule has 0 spiro atoms. The summed E-state index contributed by atoms with van der Waals surface area (Å²) in [6.07, 6.45) is 7.91. The molecule has 2 fully saturated rings. The Morgan fingerprint density at radius 2 is 1.80 bits per heavy atom. The number of thiocarbonyl (C=S) groups is 1. The van der Waals surface area contributed by atoms with E-state index in [4.69, 9.17) is 12.2 Å². The van der Waals surface area contributed by atoms with Gasteiger partial charge in [0.15, 0.2) is 5.11 Å². The molecule has 0 aromatic rings. The normalized spacial score (nSPS) is 28.1. The van der Waals surface area contributed by atoms with Gasteiger partial charge in [-0.2, -0.15) is 0 Å². The van der Waals surface area contributed by atoms with Crippen LogP contribution in [0, 0.1) is 0 Å². The van der Waals surface area contributed by atoms with E-state index < -0.39 is 0 Å². The van der Waals surface area contributed by atoms with E-state index in [2.05, 4.69) is 17.7 Å². The van der Waals surface area contributed by atoms with Crippen LogP contribution < -0.4 is 20.4 Å². The Kier molecular flexibility index (Phi) is 7.03. The van der Waals surface area contributed by atoms with Gasteiger partial charge < -0.3 is 20.4 Å². The van der Waals surface area contributed by atoms with E-state index in [1.165, 1.54) is 71.2 Å². The van der Waals surface area contributed by atoms with Crippen molar-refractivity contribution in [3.8, 4) is 0 Å². The molecule has 0 atom stereocenters. The summed E-state index contributed by atoms with van der Waals surface area (Å²) in [5.74, 6) is 0. The van der Waals surface area contributed by atoms with E-state index in [9.17, 15) is 0 Å². The van der Waals surface area contributed by atoms with E-state index in [1.54, 1.807) is 9.80 Å². The van der Waals surface area contributed by atoms with Crippen LogP contribution in [0.4, 0.5) is 0 Å². The summed E-state index contributed by atoms with van der Waals surface area (Å²) in [5, 5.41) is 7.72. The van der Waals surface area contributed by atoms with E-state index >= 15 is 0 Å². The van der Waals surface area contributed by atoms with Crippen molar-refractivity contribution in [3.05, 3.63) is 0 Å². The van der Waals surface area contributed by atoms with E-state index in [1.807, 2.05) is 0 Å². The zero-order chi connectivity index (χ0) is 14.2.